The Morgan fingerprint density at radius 1 is 1.23 bits per heavy atom. The minimum atomic E-state index is -0.988. The third-order valence-corrected chi connectivity index (χ3v) is 7.04. The molecule has 7 heteroatoms. The standard InChI is InChI=1S/C23H30FN5O/c1-2-13-11-15(30)3-4-16(13)17-5-6-18-21(20(17)24)28-29-22(18)23-26-12-19(27-23)14-7-9-25-10-8-14/h3-4,7,11-12,17-18,20-22,25,28-30H,2,5-6,8-10H2,1H3,(H,26,27). The maximum absolute atomic E-state index is 15.7. The van der Waals surface area contributed by atoms with Gasteiger partial charge in [0, 0.05) is 18.4 Å². The van der Waals surface area contributed by atoms with Crippen LogP contribution in [0.2, 0.25) is 0 Å². The van der Waals surface area contributed by atoms with Gasteiger partial charge in [0.05, 0.1) is 24.0 Å². The molecular weight excluding hydrogens is 381 g/mol. The first-order valence-electron chi connectivity index (χ1n) is 11.1. The lowest BCUT2D eigenvalue weighted by Gasteiger charge is -2.36. The summed E-state index contributed by atoms with van der Waals surface area (Å²) in [5.41, 5.74) is 11.0. The number of H-pyrrole nitrogens is 1. The molecule has 0 amide bonds. The van der Waals surface area contributed by atoms with Crippen molar-refractivity contribution in [1.82, 2.24) is 26.1 Å². The van der Waals surface area contributed by atoms with Crippen LogP contribution in [0.1, 0.15) is 60.8 Å². The van der Waals surface area contributed by atoms with Crippen molar-refractivity contribution >= 4 is 5.57 Å². The molecule has 5 rings (SSSR count). The van der Waals surface area contributed by atoms with Gasteiger partial charge in [-0.2, -0.15) is 0 Å². The number of phenolic OH excluding ortho intramolecular Hbond substituents is 1. The van der Waals surface area contributed by atoms with E-state index in [9.17, 15) is 5.11 Å². The number of rotatable bonds is 4. The SMILES string of the molecule is CCc1cc(O)ccc1C1CCC2C(c3ncc(C4=CCNCC4)[nH]3)NNC2C1F. The van der Waals surface area contributed by atoms with Gasteiger partial charge >= 0.3 is 0 Å². The van der Waals surface area contributed by atoms with E-state index < -0.39 is 6.17 Å². The first-order valence-corrected chi connectivity index (χ1v) is 11.1. The Morgan fingerprint density at radius 2 is 2.13 bits per heavy atom. The first kappa shape index (κ1) is 19.7. The molecule has 5 N–H and O–H groups in total. The average molecular weight is 412 g/mol. The Bertz CT molecular complexity index is 941. The van der Waals surface area contributed by atoms with Gasteiger partial charge < -0.3 is 15.4 Å². The molecule has 1 aromatic heterocycles. The minimum Gasteiger partial charge on any atom is -0.508 e. The van der Waals surface area contributed by atoms with Crippen molar-refractivity contribution < 1.29 is 9.50 Å². The first-order chi connectivity index (χ1) is 14.7. The summed E-state index contributed by atoms with van der Waals surface area (Å²) >= 11 is 0. The molecule has 3 aliphatic rings. The number of phenols is 1. The zero-order chi connectivity index (χ0) is 20.7. The number of benzene rings is 1. The van der Waals surface area contributed by atoms with Gasteiger partial charge in [0.2, 0.25) is 0 Å². The molecule has 5 atom stereocenters. The molecule has 3 heterocycles. The van der Waals surface area contributed by atoms with E-state index in [1.807, 2.05) is 12.3 Å². The van der Waals surface area contributed by atoms with Crippen LogP contribution in [-0.2, 0) is 6.42 Å². The second-order valence-electron chi connectivity index (χ2n) is 8.69. The van der Waals surface area contributed by atoms with Crippen LogP contribution < -0.4 is 16.2 Å². The molecule has 0 bridgehead atoms. The van der Waals surface area contributed by atoms with Crippen molar-refractivity contribution in [2.75, 3.05) is 13.1 Å². The lowest BCUT2D eigenvalue weighted by Crippen LogP contribution is -2.45. The highest BCUT2D eigenvalue weighted by atomic mass is 19.1. The van der Waals surface area contributed by atoms with E-state index in [1.54, 1.807) is 12.1 Å². The van der Waals surface area contributed by atoms with Gasteiger partial charge in [0.1, 0.15) is 17.7 Å². The molecule has 2 fully saturated rings. The van der Waals surface area contributed by atoms with Crippen molar-refractivity contribution in [3.8, 4) is 5.75 Å². The number of hydrogen-bond acceptors (Lipinski definition) is 5. The van der Waals surface area contributed by atoms with Crippen molar-refractivity contribution in [1.29, 1.82) is 0 Å². The molecule has 1 saturated carbocycles. The van der Waals surface area contributed by atoms with Crippen LogP contribution in [0.15, 0.2) is 30.5 Å². The molecule has 0 spiro atoms. The van der Waals surface area contributed by atoms with Gasteiger partial charge in [-0.1, -0.05) is 19.1 Å². The van der Waals surface area contributed by atoms with Crippen LogP contribution in [0, 0.1) is 5.92 Å². The van der Waals surface area contributed by atoms with Gasteiger partial charge in [-0.25, -0.2) is 14.8 Å². The summed E-state index contributed by atoms with van der Waals surface area (Å²) in [5.74, 6) is 1.13. The normalized spacial score (nSPS) is 31.4. The molecular formula is C23H30FN5O. The third-order valence-electron chi connectivity index (χ3n) is 7.04. The quantitative estimate of drug-likeness (QED) is 0.534. The second-order valence-corrected chi connectivity index (χ2v) is 8.69. The summed E-state index contributed by atoms with van der Waals surface area (Å²) < 4.78 is 15.7. The summed E-state index contributed by atoms with van der Waals surface area (Å²) in [4.78, 5) is 8.11. The van der Waals surface area contributed by atoms with Crippen LogP contribution >= 0.6 is 0 Å². The number of nitrogens with zero attached hydrogens (tertiary/aromatic N) is 1. The van der Waals surface area contributed by atoms with E-state index >= 15 is 4.39 Å². The maximum Gasteiger partial charge on any atom is 0.125 e. The number of nitrogens with one attached hydrogen (secondary N) is 4. The van der Waals surface area contributed by atoms with Crippen LogP contribution in [-0.4, -0.2) is 40.4 Å². The zero-order valence-corrected chi connectivity index (χ0v) is 17.3. The summed E-state index contributed by atoms with van der Waals surface area (Å²) in [6, 6.07) is 5.08. The fourth-order valence-electron chi connectivity index (χ4n) is 5.43. The fraction of sp³-hybridized carbons (Fsp3) is 0.522. The number of alkyl halides is 1. The molecule has 160 valence electrons. The highest BCUT2D eigenvalue weighted by molar-refractivity contribution is 5.63. The molecule has 5 unspecified atom stereocenters. The average Bonchev–Trinajstić information content (AvgIpc) is 3.42. The second kappa shape index (κ2) is 8.13. The van der Waals surface area contributed by atoms with Crippen molar-refractivity contribution in [2.24, 2.45) is 5.92 Å². The van der Waals surface area contributed by atoms with E-state index in [-0.39, 0.29) is 29.7 Å². The molecule has 6 nitrogen and oxygen atoms in total. The number of hydrogen-bond donors (Lipinski definition) is 5. The smallest absolute Gasteiger partial charge is 0.125 e. The molecule has 30 heavy (non-hydrogen) atoms. The number of imidazole rings is 1. The Labute approximate surface area is 176 Å². The summed E-state index contributed by atoms with van der Waals surface area (Å²) in [6.45, 7) is 3.92. The topological polar surface area (TPSA) is 85.0 Å². The van der Waals surface area contributed by atoms with E-state index in [0.717, 1.165) is 61.4 Å². The van der Waals surface area contributed by atoms with Gasteiger partial charge in [0.15, 0.2) is 0 Å². The van der Waals surface area contributed by atoms with Crippen LogP contribution in [0.25, 0.3) is 5.57 Å². The fourth-order valence-corrected chi connectivity index (χ4v) is 5.43. The highest BCUT2D eigenvalue weighted by Gasteiger charge is 2.48. The van der Waals surface area contributed by atoms with Crippen LogP contribution in [0.5, 0.6) is 5.75 Å². The monoisotopic (exact) mass is 411 g/mol. The number of aromatic amines is 1. The van der Waals surface area contributed by atoms with Gasteiger partial charge in [-0.15, -0.1) is 0 Å². The third kappa shape index (κ3) is 3.45. The molecule has 2 aromatic rings. The Kier molecular flexibility index (Phi) is 5.35. The number of aromatic hydroxyl groups is 1. The maximum atomic E-state index is 15.7. The van der Waals surface area contributed by atoms with Crippen molar-refractivity contribution in [3.05, 3.63) is 53.1 Å². The molecule has 1 aromatic carbocycles. The van der Waals surface area contributed by atoms with E-state index in [2.05, 4.69) is 39.1 Å². The van der Waals surface area contributed by atoms with Crippen molar-refractivity contribution in [2.45, 2.75) is 56.8 Å². The van der Waals surface area contributed by atoms with E-state index in [4.69, 9.17) is 0 Å². The number of aromatic nitrogens is 2. The Morgan fingerprint density at radius 3 is 2.93 bits per heavy atom. The number of halogens is 1. The summed E-state index contributed by atoms with van der Waals surface area (Å²) in [7, 11) is 0. The molecule has 1 aliphatic carbocycles. The molecule has 1 saturated heterocycles. The van der Waals surface area contributed by atoms with Crippen LogP contribution in [0.3, 0.4) is 0 Å². The van der Waals surface area contributed by atoms with Gasteiger partial charge in [-0.05, 0) is 61.1 Å². The van der Waals surface area contributed by atoms with Crippen molar-refractivity contribution in [3.63, 3.8) is 0 Å². The minimum absolute atomic E-state index is 0.0178. The summed E-state index contributed by atoms with van der Waals surface area (Å²) in [5, 5.41) is 13.1. The Balaban J connectivity index is 1.34. The molecule has 0 radical (unpaired) electrons. The van der Waals surface area contributed by atoms with E-state index in [0.29, 0.717) is 0 Å². The molecule has 2 aliphatic heterocycles. The van der Waals surface area contributed by atoms with Gasteiger partial charge in [-0.3, -0.25) is 5.43 Å². The lowest BCUT2D eigenvalue weighted by atomic mass is 9.71. The van der Waals surface area contributed by atoms with Crippen LogP contribution in [0.4, 0.5) is 4.39 Å². The Hall–Kier alpha value is -2.22. The summed E-state index contributed by atoms with van der Waals surface area (Å²) in [6.07, 6.45) is 6.62. The zero-order valence-electron chi connectivity index (χ0n) is 17.3. The number of aryl methyl sites for hydroxylation is 1. The largest absolute Gasteiger partial charge is 0.508 e. The highest BCUT2D eigenvalue weighted by Crippen LogP contribution is 2.45. The number of hydrazine groups is 1. The lowest BCUT2D eigenvalue weighted by molar-refractivity contribution is 0.135. The van der Waals surface area contributed by atoms with Gasteiger partial charge in [0.25, 0.3) is 0 Å². The van der Waals surface area contributed by atoms with E-state index in [1.165, 1.54) is 5.57 Å². The predicted molar refractivity (Wildman–Crippen MR) is 115 cm³/mol. The predicted octanol–water partition coefficient (Wildman–Crippen LogP) is 3.10. The number of fused-ring (bicyclic) bond motifs is 1.